The Hall–Kier alpha value is -1.73. The molecule has 1 aromatic rings. The number of carboxylic acids is 1. The lowest BCUT2D eigenvalue weighted by Crippen LogP contribution is -2.23. The zero-order valence-electron chi connectivity index (χ0n) is 11.9. The molecule has 0 bridgehead atoms. The summed E-state index contributed by atoms with van der Waals surface area (Å²) in [6.45, 7) is 1.98. The molecule has 116 valence electrons. The van der Waals surface area contributed by atoms with Gasteiger partial charge in [-0.2, -0.15) is 0 Å². The number of esters is 1. The van der Waals surface area contributed by atoms with Crippen molar-refractivity contribution in [3.63, 3.8) is 0 Å². The number of carbonyl (C=O) groups excluding carboxylic acids is 1. The van der Waals surface area contributed by atoms with Gasteiger partial charge in [0.05, 0.1) is 12.2 Å². The van der Waals surface area contributed by atoms with Gasteiger partial charge in [-0.15, -0.1) is 0 Å². The van der Waals surface area contributed by atoms with E-state index in [0.717, 1.165) is 0 Å². The minimum absolute atomic E-state index is 0.164. The van der Waals surface area contributed by atoms with Crippen LogP contribution < -0.4 is 0 Å². The van der Waals surface area contributed by atoms with Crippen LogP contribution in [0.1, 0.15) is 22.8 Å². The van der Waals surface area contributed by atoms with E-state index in [0.29, 0.717) is 5.56 Å². The number of hydrogen-bond acceptors (Lipinski definition) is 5. The molecular formula is C14H18O6S. The number of aromatic carboxylic acids is 1. The number of rotatable bonds is 8. The van der Waals surface area contributed by atoms with E-state index >= 15 is 0 Å². The first-order chi connectivity index (χ1) is 9.92. The minimum Gasteiger partial charge on any atom is -0.478 e. The van der Waals surface area contributed by atoms with Crippen LogP contribution in [0, 0.1) is 0 Å². The summed E-state index contributed by atoms with van der Waals surface area (Å²) in [5.74, 6) is -1.58. The Bertz CT molecular complexity index is 511. The van der Waals surface area contributed by atoms with E-state index in [1.54, 1.807) is 19.1 Å². The van der Waals surface area contributed by atoms with Crippen LogP contribution in [0.4, 0.5) is 0 Å². The molecule has 0 fully saturated rings. The quantitative estimate of drug-likeness (QED) is 0.725. The van der Waals surface area contributed by atoms with E-state index in [2.05, 4.69) is 0 Å². The van der Waals surface area contributed by atoms with Crippen molar-refractivity contribution in [2.75, 3.05) is 19.5 Å². The van der Waals surface area contributed by atoms with Crippen LogP contribution in [0.2, 0.25) is 0 Å². The van der Waals surface area contributed by atoms with Gasteiger partial charge in [-0.25, -0.2) is 4.79 Å². The highest BCUT2D eigenvalue weighted by molar-refractivity contribution is 7.84. The number of ether oxygens (including phenoxy) is 2. The zero-order chi connectivity index (χ0) is 15.8. The van der Waals surface area contributed by atoms with Gasteiger partial charge in [0, 0.05) is 23.7 Å². The first-order valence-corrected chi connectivity index (χ1v) is 7.76. The van der Waals surface area contributed by atoms with E-state index in [1.807, 2.05) is 0 Å². The van der Waals surface area contributed by atoms with Gasteiger partial charge in [0.15, 0.2) is 0 Å². The molecular weight excluding hydrogens is 296 g/mol. The summed E-state index contributed by atoms with van der Waals surface area (Å²) in [6, 6.07) is 6.04. The summed E-state index contributed by atoms with van der Waals surface area (Å²) in [4.78, 5) is 22.2. The predicted molar refractivity (Wildman–Crippen MR) is 77.5 cm³/mol. The third-order valence-corrected chi connectivity index (χ3v) is 3.75. The Morgan fingerprint density at radius 3 is 2.43 bits per heavy atom. The van der Waals surface area contributed by atoms with Crippen molar-refractivity contribution in [1.29, 1.82) is 0 Å². The van der Waals surface area contributed by atoms with Crippen molar-refractivity contribution >= 4 is 22.7 Å². The molecule has 0 radical (unpaired) electrons. The summed E-state index contributed by atoms with van der Waals surface area (Å²) in [5, 5.41) is 8.77. The number of carboxylic acid groups (broad SMARTS) is 1. The molecule has 0 heterocycles. The minimum atomic E-state index is -1.40. The lowest BCUT2D eigenvalue weighted by Gasteiger charge is -2.11. The molecule has 0 spiro atoms. The maximum absolute atomic E-state index is 11.8. The second-order valence-electron chi connectivity index (χ2n) is 4.49. The van der Waals surface area contributed by atoms with Crippen LogP contribution in [0.5, 0.6) is 0 Å². The van der Waals surface area contributed by atoms with Gasteiger partial charge in [0.2, 0.25) is 0 Å². The molecule has 2 atom stereocenters. The van der Waals surface area contributed by atoms with Crippen LogP contribution in [0.15, 0.2) is 24.3 Å². The van der Waals surface area contributed by atoms with Crippen molar-refractivity contribution in [3.8, 4) is 0 Å². The summed E-state index contributed by atoms with van der Waals surface area (Å²) >= 11 is 0. The van der Waals surface area contributed by atoms with E-state index < -0.39 is 22.7 Å². The van der Waals surface area contributed by atoms with E-state index in [9.17, 15) is 13.8 Å². The molecule has 0 saturated heterocycles. The smallest absolute Gasteiger partial charge is 0.335 e. The van der Waals surface area contributed by atoms with Crippen LogP contribution >= 0.6 is 0 Å². The Morgan fingerprint density at radius 1 is 1.29 bits per heavy atom. The third kappa shape index (κ3) is 6.50. The highest BCUT2D eigenvalue weighted by Crippen LogP contribution is 2.07. The summed E-state index contributed by atoms with van der Waals surface area (Å²) < 4.78 is 21.7. The molecule has 7 heteroatoms. The van der Waals surface area contributed by atoms with Crippen LogP contribution in [0.25, 0.3) is 0 Å². The summed E-state index contributed by atoms with van der Waals surface area (Å²) in [6.07, 6.45) is -0.380. The number of methoxy groups -OCH3 is 1. The average molecular weight is 314 g/mol. The largest absolute Gasteiger partial charge is 0.478 e. The number of hydrogen-bond donors (Lipinski definition) is 1. The molecule has 21 heavy (non-hydrogen) atoms. The Balaban J connectivity index is 2.46. The van der Waals surface area contributed by atoms with Crippen molar-refractivity contribution in [1.82, 2.24) is 0 Å². The molecule has 0 aliphatic heterocycles. The van der Waals surface area contributed by atoms with Crippen molar-refractivity contribution in [2.45, 2.75) is 18.8 Å². The highest BCUT2D eigenvalue weighted by Gasteiger charge is 2.13. The van der Waals surface area contributed by atoms with Crippen molar-refractivity contribution in [2.24, 2.45) is 0 Å². The molecule has 1 N–H and O–H groups in total. The normalized spacial score (nSPS) is 13.4. The number of carbonyl (C=O) groups is 2. The van der Waals surface area contributed by atoms with Crippen molar-refractivity contribution < 1.29 is 28.4 Å². The van der Waals surface area contributed by atoms with Gasteiger partial charge < -0.3 is 14.6 Å². The molecule has 0 saturated carbocycles. The fourth-order valence-corrected chi connectivity index (χ4v) is 2.64. The standard InChI is InChI=1S/C14H18O6S/c1-10(7-19-2)20-13(15)9-21(18)8-11-3-5-12(6-4-11)14(16)17/h3-6,10H,7-9H2,1-2H3,(H,16,17). The Morgan fingerprint density at radius 2 is 1.90 bits per heavy atom. The maximum Gasteiger partial charge on any atom is 0.335 e. The lowest BCUT2D eigenvalue weighted by molar-refractivity contribution is -0.147. The predicted octanol–water partition coefficient (Wildman–Crippen LogP) is 1.21. The van der Waals surface area contributed by atoms with Crippen molar-refractivity contribution in [3.05, 3.63) is 35.4 Å². The van der Waals surface area contributed by atoms with Crippen LogP contribution in [-0.4, -0.2) is 46.8 Å². The van der Waals surface area contributed by atoms with Gasteiger partial charge >= 0.3 is 11.9 Å². The first kappa shape index (κ1) is 17.3. The van der Waals surface area contributed by atoms with Crippen LogP contribution in [-0.2, 0) is 30.8 Å². The third-order valence-electron chi connectivity index (χ3n) is 2.54. The molecule has 2 unspecified atom stereocenters. The van der Waals surface area contributed by atoms with E-state index in [1.165, 1.54) is 19.2 Å². The van der Waals surface area contributed by atoms with Gasteiger partial charge in [-0.05, 0) is 24.6 Å². The Kier molecular flexibility index (Phi) is 7.04. The highest BCUT2D eigenvalue weighted by atomic mass is 32.2. The topological polar surface area (TPSA) is 89.9 Å². The maximum atomic E-state index is 11.8. The fourth-order valence-electron chi connectivity index (χ4n) is 1.64. The average Bonchev–Trinajstić information content (AvgIpc) is 2.38. The van der Waals surface area contributed by atoms with E-state index in [-0.39, 0.29) is 29.8 Å². The van der Waals surface area contributed by atoms with Gasteiger partial charge in [-0.1, -0.05) is 12.1 Å². The molecule has 1 rings (SSSR count). The van der Waals surface area contributed by atoms with E-state index in [4.69, 9.17) is 14.6 Å². The van der Waals surface area contributed by atoms with Gasteiger partial charge in [0.1, 0.15) is 11.9 Å². The molecule has 6 nitrogen and oxygen atoms in total. The van der Waals surface area contributed by atoms with Crippen LogP contribution in [0.3, 0.4) is 0 Å². The number of benzene rings is 1. The monoisotopic (exact) mass is 314 g/mol. The molecule has 0 aliphatic carbocycles. The SMILES string of the molecule is COCC(C)OC(=O)CS(=O)Cc1ccc(C(=O)O)cc1. The zero-order valence-corrected chi connectivity index (χ0v) is 12.7. The Labute approximate surface area is 125 Å². The summed E-state index contributed by atoms with van der Waals surface area (Å²) in [7, 11) is 0.102. The molecule has 0 amide bonds. The molecule has 1 aromatic carbocycles. The summed E-state index contributed by atoms with van der Waals surface area (Å²) in [5.41, 5.74) is 0.869. The lowest BCUT2D eigenvalue weighted by atomic mass is 10.1. The van der Waals surface area contributed by atoms with Gasteiger partial charge in [0.25, 0.3) is 0 Å². The second kappa shape index (κ2) is 8.53. The van der Waals surface area contributed by atoms with Gasteiger partial charge in [-0.3, -0.25) is 9.00 Å². The molecule has 0 aliphatic rings. The fraction of sp³-hybridized carbons (Fsp3) is 0.429. The second-order valence-corrected chi connectivity index (χ2v) is 5.94. The first-order valence-electron chi connectivity index (χ1n) is 6.28. The molecule has 0 aromatic heterocycles.